The summed E-state index contributed by atoms with van der Waals surface area (Å²) in [5, 5.41) is 10.7. The SMILES string of the molecule is Nc1c(Oc2ccc(CCc3ccc(C=Cc4ccccc4)cc3)cc2)cc(O)c2c1C(=O)c1ccccc1C2=O. The molecule has 0 radical (unpaired) electrons. The topological polar surface area (TPSA) is 89.6 Å². The summed E-state index contributed by atoms with van der Waals surface area (Å²) in [6, 6.07) is 34.2. The van der Waals surface area contributed by atoms with E-state index >= 15 is 0 Å². The fraction of sp³-hybridized carbons (Fsp3) is 0.0556. The average Bonchev–Trinajstić information content (AvgIpc) is 3.01. The number of ether oxygens (including phenoxy) is 1. The number of aryl methyl sites for hydroxylation is 2. The smallest absolute Gasteiger partial charge is 0.198 e. The molecule has 0 unspecified atom stereocenters. The van der Waals surface area contributed by atoms with Gasteiger partial charge in [0.05, 0.1) is 16.8 Å². The molecular weight excluding hydrogens is 510 g/mol. The minimum atomic E-state index is -0.436. The van der Waals surface area contributed by atoms with Gasteiger partial charge in [-0.15, -0.1) is 0 Å². The number of carbonyl (C=O) groups excluding carboxylic acids is 2. The van der Waals surface area contributed by atoms with E-state index in [4.69, 9.17) is 10.5 Å². The van der Waals surface area contributed by atoms with E-state index in [0.29, 0.717) is 5.75 Å². The summed E-state index contributed by atoms with van der Waals surface area (Å²) in [5.41, 5.74) is 11.5. The van der Waals surface area contributed by atoms with Gasteiger partial charge in [-0.1, -0.05) is 103 Å². The quantitative estimate of drug-likeness (QED) is 0.125. The molecule has 0 heterocycles. The zero-order chi connectivity index (χ0) is 28.3. The molecule has 6 rings (SSSR count). The van der Waals surface area contributed by atoms with Crippen LogP contribution in [0.2, 0.25) is 0 Å². The van der Waals surface area contributed by atoms with E-state index in [2.05, 4.69) is 48.6 Å². The van der Waals surface area contributed by atoms with Crippen molar-refractivity contribution in [2.45, 2.75) is 12.8 Å². The minimum Gasteiger partial charge on any atom is -0.507 e. The second-order valence-electron chi connectivity index (χ2n) is 9.99. The fourth-order valence-corrected chi connectivity index (χ4v) is 5.05. The molecule has 5 aromatic carbocycles. The maximum atomic E-state index is 13.2. The molecule has 5 heteroatoms. The zero-order valence-corrected chi connectivity index (χ0v) is 22.2. The van der Waals surface area contributed by atoms with Gasteiger partial charge >= 0.3 is 0 Å². The Balaban J connectivity index is 1.12. The molecule has 0 saturated heterocycles. The lowest BCUT2D eigenvalue weighted by molar-refractivity contribution is 0.0977. The molecule has 41 heavy (non-hydrogen) atoms. The average molecular weight is 538 g/mol. The van der Waals surface area contributed by atoms with E-state index in [1.54, 1.807) is 24.3 Å². The summed E-state index contributed by atoms with van der Waals surface area (Å²) in [7, 11) is 0. The summed E-state index contributed by atoms with van der Waals surface area (Å²) in [6.45, 7) is 0. The summed E-state index contributed by atoms with van der Waals surface area (Å²) in [6.07, 6.45) is 5.97. The van der Waals surface area contributed by atoms with Crippen molar-refractivity contribution < 1.29 is 19.4 Å². The van der Waals surface area contributed by atoms with Crippen LogP contribution in [0.3, 0.4) is 0 Å². The highest BCUT2D eigenvalue weighted by atomic mass is 16.5. The van der Waals surface area contributed by atoms with Crippen molar-refractivity contribution in [1.29, 1.82) is 0 Å². The molecule has 0 aromatic heterocycles. The van der Waals surface area contributed by atoms with Gasteiger partial charge in [0.1, 0.15) is 11.5 Å². The van der Waals surface area contributed by atoms with Crippen molar-refractivity contribution in [3.05, 3.63) is 154 Å². The molecule has 5 aromatic rings. The van der Waals surface area contributed by atoms with Gasteiger partial charge < -0.3 is 15.6 Å². The number of hydrogen-bond donors (Lipinski definition) is 2. The van der Waals surface area contributed by atoms with Crippen LogP contribution in [0.1, 0.15) is 54.1 Å². The number of anilines is 1. The summed E-state index contributed by atoms with van der Waals surface area (Å²) < 4.78 is 5.96. The second kappa shape index (κ2) is 11.0. The third-order valence-corrected chi connectivity index (χ3v) is 7.28. The van der Waals surface area contributed by atoms with Crippen molar-refractivity contribution in [2.24, 2.45) is 0 Å². The van der Waals surface area contributed by atoms with Gasteiger partial charge in [-0.2, -0.15) is 0 Å². The van der Waals surface area contributed by atoms with Gasteiger partial charge in [0.15, 0.2) is 17.3 Å². The van der Waals surface area contributed by atoms with Crippen molar-refractivity contribution in [2.75, 3.05) is 5.73 Å². The first-order valence-corrected chi connectivity index (χ1v) is 13.4. The van der Waals surface area contributed by atoms with Crippen molar-refractivity contribution in [1.82, 2.24) is 0 Å². The molecule has 200 valence electrons. The summed E-state index contributed by atoms with van der Waals surface area (Å²) in [5.74, 6) is -0.562. The number of benzene rings is 5. The Bertz CT molecular complexity index is 1790. The van der Waals surface area contributed by atoms with Crippen LogP contribution in [0.25, 0.3) is 12.2 Å². The molecule has 0 saturated carbocycles. The van der Waals surface area contributed by atoms with Crippen molar-refractivity contribution in [3.63, 3.8) is 0 Å². The van der Waals surface area contributed by atoms with E-state index < -0.39 is 11.6 Å². The Hall–Kier alpha value is -5.42. The van der Waals surface area contributed by atoms with Gasteiger partial charge in [-0.05, 0) is 47.2 Å². The summed E-state index contributed by atoms with van der Waals surface area (Å²) in [4.78, 5) is 26.2. The number of phenols is 1. The van der Waals surface area contributed by atoms with Crippen LogP contribution in [0, 0.1) is 0 Å². The summed E-state index contributed by atoms with van der Waals surface area (Å²) >= 11 is 0. The Kier molecular flexibility index (Phi) is 6.92. The molecule has 5 nitrogen and oxygen atoms in total. The van der Waals surface area contributed by atoms with Crippen molar-refractivity contribution in [3.8, 4) is 17.2 Å². The third kappa shape index (κ3) is 5.25. The second-order valence-corrected chi connectivity index (χ2v) is 9.99. The lowest BCUT2D eigenvalue weighted by Gasteiger charge is -2.21. The van der Waals surface area contributed by atoms with E-state index in [1.165, 1.54) is 17.2 Å². The molecule has 3 N–H and O–H groups in total. The third-order valence-electron chi connectivity index (χ3n) is 7.28. The molecule has 0 bridgehead atoms. The molecule has 1 aliphatic rings. The van der Waals surface area contributed by atoms with Gasteiger partial charge in [0, 0.05) is 17.2 Å². The molecule has 0 aliphatic heterocycles. The number of carbonyl (C=O) groups is 2. The zero-order valence-electron chi connectivity index (χ0n) is 22.2. The Morgan fingerprint density at radius 1 is 0.634 bits per heavy atom. The van der Waals surface area contributed by atoms with Gasteiger partial charge in [0.2, 0.25) is 0 Å². The number of nitrogen functional groups attached to an aromatic ring is 1. The molecule has 0 atom stereocenters. The normalized spacial score (nSPS) is 12.3. The van der Waals surface area contributed by atoms with Crippen LogP contribution in [-0.2, 0) is 12.8 Å². The molecule has 0 fully saturated rings. The highest BCUT2D eigenvalue weighted by Crippen LogP contribution is 2.42. The lowest BCUT2D eigenvalue weighted by atomic mass is 9.82. The Morgan fingerprint density at radius 2 is 1.15 bits per heavy atom. The van der Waals surface area contributed by atoms with Crippen LogP contribution in [0.4, 0.5) is 5.69 Å². The predicted octanol–water partition coefficient (Wildman–Crippen LogP) is 7.50. The maximum absolute atomic E-state index is 13.2. The van der Waals surface area contributed by atoms with E-state index in [9.17, 15) is 14.7 Å². The number of nitrogens with two attached hydrogens (primary N) is 1. The number of hydrogen-bond acceptors (Lipinski definition) is 5. The first-order valence-electron chi connectivity index (χ1n) is 13.4. The monoisotopic (exact) mass is 537 g/mol. The molecule has 0 spiro atoms. The molecule has 0 amide bonds. The van der Waals surface area contributed by atoms with E-state index in [1.807, 2.05) is 42.5 Å². The van der Waals surface area contributed by atoms with Crippen LogP contribution in [0.15, 0.2) is 109 Å². The number of ketones is 2. The maximum Gasteiger partial charge on any atom is 0.198 e. The van der Waals surface area contributed by atoms with Gasteiger partial charge in [-0.25, -0.2) is 0 Å². The highest BCUT2D eigenvalue weighted by molar-refractivity contribution is 6.31. The largest absolute Gasteiger partial charge is 0.507 e. The number of phenolic OH excluding ortho intramolecular Hbond substituents is 1. The van der Waals surface area contributed by atoms with Gasteiger partial charge in [-0.3, -0.25) is 9.59 Å². The van der Waals surface area contributed by atoms with E-state index in [0.717, 1.165) is 24.0 Å². The molecular formula is C36H27NO4. The standard InChI is InChI=1S/C36H27NO4/c37-34-31(22-30(38)32-33(34)36(40)29-9-5-4-8-28(29)35(32)39)41-27-20-18-26(19-21-27)17-16-25-14-12-24(13-15-25)11-10-23-6-2-1-3-7-23/h1-15,18-22,38H,16-17,37H2. The minimum absolute atomic E-state index is 0.0248. The number of fused-ring (bicyclic) bond motifs is 2. The van der Waals surface area contributed by atoms with Gasteiger partial charge in [0.25, 0.3) is 0 Å². The van der Waals surface area contributed by atoms with Crippen LogP contribution in [-0.4, -0.2) is 16.7 Å². The lowest BCUT2D eigenvalue weighted by Crippen LogP contribution is -2.22. The van der Waals surface area contributed by atoms with Crippen LogP contribution in [0.5, 0.6) is 17.2 Å². The van der Waals surface area contributed by atoms with Crippen LogP contribution >= 0.6 is 0 Å². The first kappa shape index (κ1) is 25.8. The number of rotatable bonds is 7. The van der Waals surface area contributed by atoms with Crippen molar-refractivity contribution >= 4 is 29.4 Å². The Labute approximate surface area is 238 Å². The van der Waals surface area contributed by atoms with E-state index in [-0.39, 0.29) is 39.4 Å². The Morgan fingerprint density at radius 3 is 1.76 bits per heavy atom. The highest BCUT2D eigenvalue weighted by Gasteiger charge is 2.35. The molecule has 1 aliphatic carbocycles. The fourth-order valence-electron chi connectivity index (χ4n) is 5.05. The first-order chi connectivity index (χ1) is 20.0. The van der Waals surface area contributed by atoms with Crippen LogP contribution < -0.4 is 10.5 Å². The number of aromatic hydroxyl groups is 1. The predicted molar refractivity (Wildman–Crippen MR) is 162 cm³/mol.